The minimum Gasteiger partial charge on any atom is -0.455 e. The van der Waals surface area contributed by atoms with E-state index in [2.05, 4.69) is 53.2 Å². The molecule has 3 aliphatic rings. The topological polar surface area (TPSA) is 138 Å². The normalized spacial score (nSPS) is 24.6. The molecule has 1 spiro atoms. The van der Waals surface area contributed by atoms with Gasteiger partial charge < -0.3 is 39.3 Å². The van der Waals surface area contributed by atoms with Crippen molar-refractivity contribution in [1.82, 2.24) is 10.2 Å². The van der Waals surface area contributed by atoms with Gasteiger partial charge in [0.15, 0.2) is 0 Å². The molecular weight excluding hydrogens is 780 g/mol. The van der Waals surface area contributed by atoms with Crippen LogP contribution in [0, 0.1) is 11.8 Å². The standard InChI is InChI=1S/C43H57BrN4O8/c1-6-10-19-34(50)45-33(28-54-5)37(29-17-13-11-14-18-29)55-42(53)35-36-40(51)48(25-15-12-16-26-49)39(43(36)27-32(44)38(35)56-43)41(52)47(24-7-2)31-22-20-30(21-23-31)46(8-3)9-4/h6-7,11,13-14,17-18,20-23,32-33,35-39,49H,1-2,8-10,12,15-16,19,24-28H2,3-5H3,(H,45,50)/t32?,33-,35-,36+,37-,38-,39-,43+/m1/s1. The van der Waals surface area contributed by atoms with E-state index in [0.717, 1.165) is 18.8 Å². The number of anilines is 2. The van der Waals surface area contributed by atoms with Crippen LogP contribution >= 0.6 is 15.9 Å². The number of ether oxygens (including phenoxy) is 3. The quantitative estimate of drug-likeness (QED) is 0.0697. The predicted molar refractivity (Wildman–Crippen MR) is 219 cm³/mol. The number of unbranched alkanes of at least 4 members (excludes halogenated alkanes) is 2. The van der Waals surface area contributed by atoms with Crippen LogP contribution in [0.25, 0.3) is 0 Å². The number of fused-ring (bicyclic) bond motifs is 1. The molecule has 3 heterocycles. The molecule has 304 valence electrons. The molecule has 0 aliphatic carbocycles. The van der Waals surface area contributed by atoms with Crippen molar-refractivity contribution in [2.24, 2.45) is 11.8 Å². The third-order valence-electron chi connectivity index (χ3n) is 11.2. The summed E-state index contributed by atoms with van der Waals surface area (Å²) < 4.78 is 18.7. The van der Waals surface area contributed by atoms with Crippen molar-refractivity contribution < 1.29 is 38.5 Å². The number of carbonyl (C=O) groups excluding carboxylic acids is 4. The van der Waals surface area contributed by atoms with E-state index < -0.39 is 47.7 Å². The van der Waals surface area contributed by atoms with Crippen molar-refractivity contribution in [2.75, 3.05) is 56.3 Å². The number of amides is 3. The summed E-state index contributed by atoms with van der Waals surface area (Å²) in [4.78, 5) is 62.6. The highest BCUT2D eigenvalue weighted by atomic mass is 79.9. The largest absolute Gasteiger partial charge is 0.455 e. The summed E-state index contributed by atoms with van der Waals surface area (Å²) in [5.74, 6) is -3.59. The highest BCUT2D eigenvalue weighted by molar-refractivity contribution is 9.09. The number of aliphatic hydroxyl groups excluding tert-OH is 1. The minimum absolute atomic E-state index is 0.0186. The summed E-state index contributed by atoms with van der Waals surface area (Å²) in [6.07, 6.45) is 4.39. The van der Waals surface area contributed by atoms with Gasteiger partial charge in [-0.1, -0.05) is 58.4 Å². The van der Waals surface area contributed by atoms with Gasteiger partial charge in [0.05, 0.1) is 30.6 Å². The van der Waals surface area contributed by atoms with Crippen LogP contribution in [-0.2, 0) is 33.4 Å². The summed E-state index contributed by atoms with van der Waals surface area (Å²) in [5.41, 5.74) is 1.01. The molecule has 13 heteroatoms. The van der Waals surface area contributed by atoms with Gasteiger partial charge in [0, 0.05) is 62.5 Å². The molecule has 3 amide bonds. The number of benzene rings is 2. The number of methoxy groups -OCH3 is 1. The lowest BCUT2D eigenvalue weighted by molar-refractivity contribution is -0.163. The monoisotopic (exact) mass is 836 g/mol. The van der Waals surface area contributed by atoms with Crippen LogP contribution in [0.1, 0.15) is 64.0 Å². The molecule has 12 nitrogen and oxygen atoms in total. The Morgan fingerprint density at radius 2 is 1.75 bits per heavy atom. The number of aliphatic hydroxyl groups is 1. The second-order valence-electron chi connectivity index (χ2n) is 14.6. The first kappa shape index (κ1) is 43.1. The van der Waals surface area contributed by atoms with Crippen molar-refractivity contribution in [1.29, 1.82) is 0 Å². The van der Waals surface area contributed by atoms with Crippen molar-refractivity contribution >= 4 is 51.0 Å². The molecule has 0 aromatic heterocycles. The maximum atomic E-state index is 15.1. The van der Waals surface area contributed by atoms with Gasteiger partial charge in [-0.2, -0.15) is 0 Å². The molecule has 2 aromatic rings. The van der Waals surface area contributed by atoms with Crippen molar-refractivity contribution in [3.8, 4) is 0 Å². The van der Waals surface area contributed by atoms with E-state index in [4.69, 9.17) is 14.2 Å². The van der Waals surface area contributed by atoms with Crippen LogP contribution in [-0.4, -0.2) is 109 Å². The van der Waals surface area contributed by atoms with Gasteiger partial charge >= 0.3 is 5.97 Å². The highest BCUT2D eigenvalue weighted by Crippen LogP contribution is 2.60. The van der Waals surface area contributed by atoms with E-state index in [-0.39, 0.29) is 55.3 Å². The molecule has 1 unspecified atom stereocenters. The van der Waals surface area contributed by atoms with Gasteiger partial charge in [0.2, 0.25) is 11.8 Å². The number of hydrogen-bond acceptors (Lipinski definition) is 9. The van der Waals surface area contributed by atoms with Gasteiger partial charge in [-0.05, 0) is 75.8 Å². The maximum Gasteiger partial charge on any atom is 0.313 e. The van der Waals surface area contributed by atoms with Crippen molar-refractivity contribution in [3.05, 3.63) is 85.5 Å². The number of nitrogens with one attached hydrogen (secondary N) is 1. The molecule has 3 fully saturated rings. The number of alkyl halides is 1. The van der Waals surface area contributed by atoms with Gasteiger partial charge in [-0.25, -0.2) is 0 Å². The van der Waals surface area contributed by atoms with E-state index in [9.17, 15) is 19.5 Å². The van der Waals surface area contributed by atoms with Crippen LogP contribution in [0.3, 0.4) is 0 Å². The Kier molecular flexibility index (Phi) is 15.3. The van der Waals surface area contributed by atoms with E-state index in [1.807, 2.05) is 54.6 Å². The number of carbonyl (C=O) groups is 4. The predicted octanol–water partition coefficient (Wildman–Crippen LogP) is 5.34. The van der Waals surface area contributed by atoms with Gasteiger partial charge in [-0.15, -0.1) is 13.2 Å². The summed E-state index contributed by atoms with van der Waals surface area (Å²) in [5, 5.41) is 12.5. The molecule has 56 heavy (non-hydrogen) atoms. The molecule has 3 saturated heterocycles. The zero-order chi connectivity index (χ0) is 40.4. The van der Waals surface area contributed by atoms with E-state index in [1.165, 1.54) is 7.11 Å². The third kappa shape index (κ3) is 8.91. The Bertz CT molecular complexity index is 1670. The summed E-state index contributed by atoms with van der Waals surface area (Å²) >= 11 is 3.77. The number of nitrogens with zero attached hydrogens (tertiary/aromatic N) is 3. The molecule has 0 saturated carbocycles. The maximum absolute atomic E-state index is 15.1. The number of esters is 1. The van der Waals surface area contributed by atoms with Gasteiger partial charge in [0.25, 0.3) is 5.91 Å². The van der Waals surface area contributed by atoms with E-state index >= 15 is 4.79 Å². The zero-order valence-electron chi connectivity index (χ0n) is 32.8. The summed E-state index contributed by atoms with van der Waals surface area (Å²) in [7, 11) is 1.51. The molecular formula is C43H57BrN4O8. The third-order valence-corrected chi connectivity index (χ3v) is 12.1. The Labute approximate surface area is 339 Å². The van der Waals surface area contributed by atoms with Crippen LogP contribution < -0.4 is 15.1 Å². The molecule has 2 aromatic carbocycles. The lowest BCUT2D eigenvalue weighted by Gasteiger charge is -2.37. The zero-order valence-corrected chi connectivity index (χ0v) is 34.4. The van der Waals surface area contributed by atoms with Gasteiger partial charge in [0.1, 0.15) is 17.7 Å². The average Bonchev–Trinajstić information content (AvgIpc) is 3.80. The van der Waals surface area contributed by atoms with Crippen LogP contribution in [0.5, 0.6) is 0 Å². The Balaban J connectivity index is 1.51. The second-order valence-corrected chi connectivity index (χ2v) is 15.8. The Morgan fingerprint density at radius 1 is 1.05 bits per heavy atom. The Hall–Kier alpha value is -4.04. The highest BCUT2D eigenvalue weighted by Gasteiger charge is 2.77. The first-order valence-electron chi connectivity index (χ1n) is 19.8. The number of hydrogen-bond donors (Lipinski definition) is 2. The van der Waals surface area contributed by atoms with Gasteiger partial charge in [-0.3, -0.25) is 19.2 Å². The van der Waals surface area contributed by atoms with Crippen LogP contribution in [0.4, 0.5) is 11.4 Å². The average molecular weight is 838 g/mol. The van der Waals surface area contributed by atoms with Crippen molar-refractivity contribution in [2.45, 2.75) is 87.1 Å². The van der Waals surface area contributed by atoms with E-state index in [0.29, 0.717) is 43.4 Å². The summed E-state index contributed by atoms with van der Waals surface area (Å²) in [6, 6.07) is 15.1. The summed E-state index contributed by atoms with van der Waals surface area (Å²) in [6.45, 7) is 14.0. The molecule has 0 radical (unpaired) electrons. The first-order chi connectivity index (χ1) is 27.1. The Morgan fingerprint density at radius 3 is 2.38 bits per heavy atom. The lowest BCUT2D eigenvalue weighted by Crippen LogP contribution is -2.57. The van der Waals surface area contributed by atoms with Crippen molar-refractivity contribution in [3.63, 3.8) is 0 Å². The number of rotatable bonds is 22. The molecule has 3 aliphatic heterocycles. The lowest BCUT2D eigenvalue weighted by atomic mass is 9.70. The van der Waals surface area contributed by atoms with E-state index in [1.54, 1.807) is 22.0 Å². The fourth-order valence-electron chi connectivity index (χ4n) is 8.65. The van der Waals surface area contributed by atoms with Crippen LogP contribution in [0.2, 0.25) is 0 Å². The molecule has 8 atom stereocenters. The number of halogens is 1. The fourth-order valence-corrected chi connectivity index (χ4v) is 9.59. The molecule has 2 N–H and O–H groups in total. The first-order valence-corrected chi connectivity index (χ1v) is 20.7. The number of allylic oxidation sites excluding steroid dienone is 1. The molecule has 5 rings (SSSR count). The minimum atomic E-state index is -1.32. The fraction of sp³-hybridized carbons (Fsp3) is 0.535. The second kappa shape index (κ2) is 19.9. The SMILES string of the molecule is C=CCCC(=O)N[C@H](COC)[C@H](OC(=O)[C@H]1[C@@H]2O[C@@]3(CC2Br)[C@@H]1C(=O)N(CCCCCO)[C@@H]3C(=O)N(CC=C)c1ccc(N(CC)CC)cc1)c1ccccc1. The smallest absolute Gasteiger partial charge is 0.313 e. The number of likely N-dealkylation sites (tertiary alicyclic amines) is 1. The molecule has 2 bridgehead atoms. The van der Waals surface area contributed by atoms with Crippen LogP contribution in [0.15, 0.2) is 79.9 Å².